The van der Waals surface area contributed by atoms with Crippen LogP contribution in [0.3, 0.4) is 0 Å². The van der Waals surface area contributed by atoms with Crippen LogP contribution in [0.4, 0.5) is 0 Å². The second kappa shape index (κ2) is 3.64. The third kappa shape index (κ3) is 2.44. The van der Waals surface area contributed by atoms with Crippen LogP contribution in [0.25, 0.3) is 0 Å². The van der Waals surface area contributed by atoms with E-state index in [2.05, 4.69) is 36.7 Å². The van der Waals surface area contributed by atoms with Crippen LogP contribution in [0, 0.1) is 0 Å². The van der Waals surface area contributed by atoms with Crippen LogP contribution >= 0.6 is 15.9 Å². The van der Waals surface area contributed by atoms with Crippen LogP contribution in [0.1, 0.15) is 27.2 Å². The van der Waals surface area contributed by atoms with Gasteiger partial charge in [0.05, 0.1) is 17.8 Å². The Morgan fingerprint density at radius 1 is 1.33 bits per heavy atom. The molecule has 0 aromatic heterocycles. The molecular formula is C9H17BrO2. The zero-order chi connectivity index (χ0) is 9.35. The second-order valence-electron chi connectivity index (χ2n) is 4.22. The molecule has 0 aromatic carbocycles. The van der Waals surface area contributed by atoms with E-state index in [9.17, 15) is 0 Å². The van der Waals surface area contributed by atoms with Crippen molar-refractivity contribution in [2.75, 3.05) is 7.11 Å². The summed E-state index contributed by atoms with van der Waals surface area (Å²) in [6, 6.07) is 0. The fourth-order valence-corrected chi connectivity index (χ4v) is 2.32. The Labute approximate surface area is 82.7 Å². The lowest BCUT2D eigenvalue weighted by Crippen LogP contribution is -2.52. The maximum absolute atomic E-state index is 5.79. The molecule has 0 aromatic rings. The molecule has 12 heavy (non-hydrogen) atoms. The normalized spacial score (nSPS) is 36.2. The summed E-state index contributed by atoms with van der Waals surface area (Å²) in [5.41, 5.74) is -0.0609. The van der Waals surface area contributed by atoms with Gasteiger partial charge >= 0.3 is 0 Å². The highest BCUT2D eigenvalue weighted by Gasteiger charge is 2.42. The molecular weight excluding hydrogens is 220 g/mol. The highest BCUT2D eigenvalue weighted by Crippen LogP contribution is 2.35. The molecule has 1 aliphatic rings. The van der Waals surface area contributed by atoms with Crippen LogP contribution in [-0.4, -0.2) is 29.7 Å². The Morgan fingerprint density at radius 2 is 1.92 bits per heavy atom. The third-order valence-corrected chi connectivity index (χ3v) is 2.85. The first-order chi connectivity index (χ1) is 5.44. The first-order valence-corrected chi connectivity index (χ1v) is 5.20. The fourth-order valence-electron chi connectivity index (χ4n) is 1.40. The summed E-state index contributed by atoms with van der Waals surface area (Å²) in [4.78, 5) is 0.467. The average molecular weight is 237 g/mol. The number of hydrogen-bond acceptors (Lipinski definition) is 2. The summed E-state index contributed by atoms with van der Waals surface area (Å²) in [7, 11) is 1.73. The van der Waals surface area contributed by atoms with E-state index in [0.29, 0.717) is 4.83 Å². The Morgan fingerprint density at radius 3 is 2.25 bits per heavy atom. The van der Waals surface area contributed by atoms with Gasteiger partial charge in [-0.15, -0.1) is 0 Å². The summed E-state index contributed by atoms with van der Waals surface area (Å²) in [5, 5.41) is 0. The molecule has 0 aliphatic heterocycles. The SMILES string of the molecule is COC1C(Br)CC1OC(C)(C)C. The van der Waals surface area contributed by atoms with E-state index in [1.807, 2.05) is 0 Å². The largest absolute Gasteiger partial charge is 0.378 e. The fraction of sp³-hybridized carbons (Fsp3) is 1.00. The summed E-state index contributed by atoms with van der Waals surface area (Å²) in [6.07, 6.45) is 1.54. The van der Waals surface area contributed by atoms with Gasteiger partial charge in [0.2, 0.25) is 0 Å². The van der Waals surface area contributed by atoms with E-state index >= 15 is 0 Å². The highest BCUT2D eigenvalue weighted by atomic mass is 79.9. The Kier molecular flexibility index (Phi) is 3.18. The lowest BCUT2D eigenvalue weighted by molar-refractivity contribution is -0.158. The molecule has 3 atom stereocenters. The van der Waals surface area contributed by atoms with Gasteiger partial charge in [0, 0.05) is 11.9 Å². The summed E-state index contributed by atoms with van der Waals surface area (Å²) >= 11 is 3.53. The van der Waals surface area contributed by atoms with Crippen LogP contribution in [-0.2, 0) is 9.47 Å². The van der Waals surface area contributed by atoms with Crippen molar-refractivity contribution in [3.05, 3.63) is 0 Å². The van der Waals surface area contributed by atoms with Crippen molar-refractivity contribution in [3.63, 3.8) is 0 Å². The van der Waals surface area contributed by atoms with Gasteiger partial charge in [0.15, 0.2) is 0 Å². The van der Waals surface area contributed by atoms with Crippen LogP contribution in [0.5, 0.6) is 0 Å². The predicted octanol–water partition coefficient (Wildman–Crippen LogP) is 2.35. The molecule has 0 radical (unpaired) electrons. The number of rotatable bonds is 2. The number of ether oxygens (including phenoxy) is 2. The highest BCUT2D eigenvalue weighted by molar-refractivity contribution is 9.09. The van der Waals surface area contributed by atoms with E-state index in [-0.39, 0.29) is 17.8 Å². The number of methoxy groups -OCH3 is 1. The molecule has 3 unspecified atom stereocenters. The minimum atomic E-state index is -0.0609. The maximum Gasteiger partial charge on any atom is 0.0959 e. The smallest absolute Gasteiger partial charge is 0.0959 e. The lowest BCUT2D eigenvalue weighted by Gasteiger charge is -2.43. The van der Waals surface area contributed by atoms with Gasteiger partial charge in [-0.2, -0.15) is 0 Å². The third-order valence-electron chi connectivity index (χ3n) is 1.96. The number of alkyl halides is 1. The standard InChI is InChI=1S/C9H17BrO2/c1-9(2,3)12-7-5-6(10)8(7)11-4/h6-8H,5H2,1-4H3. The molecule has 0 spiro atoms. The van der Waals surface area contributed by atoms with Crippen LogP contribution in [0.15, 0.2) is 0 Å². The van der Waals surface area contributed by atoms with E-state index in [4.69, 9.17) is 9.47 Å². The molecule has 72 valence electrons. The molecule has 1 fully saturated rings. The maximum atomic E-state index is 5.79. The molecule has 1 aliphatic carbocycles. The minimum Gasteiger partial charge on any atom is -0.378 e. The zero-order valence-corrected chi connectivity index (χ0v) is 9.72. The monoisotopic (exact) mass is 236 g/mol. The molecule has 2 nitrogen and oxygen atoms in total. The minimum absolute atomic E-state index is 0.0609. The average Bonchev–Trinajstić information content (AvgIpc) is 1.84. The van der Waals surface area contributed by atoms with Gasteiger partial charge in [-0.1, -0.05) is 15.9 Å². The molecule has 0 amide bonds. The molecule has 0 saturated heterocycles. The van der Waals surface area contributed by atoms with Crippen molar-refractivity contribution in [1.29, 1.82) is 0 Å². The van der Waals surface area contributed by atoms with E-state index in [1.165, 1.54) is 0 Å². The van der Waals surface area contributed by atoms with E-state index in [1.54, 1.807) is 7.11 Å². The van der Waals surface area contributed by atoms with Gasteiger partial charge in [0.1, 0.15) is 0 Å². The van der Waals surface area contributed by atoms with Crippen molar-refractivity contribution in [2.45, 2.75) is 49.8 Å². The Balaban J connectivity index is 2.36. The van der Waals surface area contributed by atoms with Crippen molar-refractivity contribution in [2.24, 2.45) is 0 Å². The van der Waals surface area contributed by atoms with Crippen molar-refractivity contribution in [1.82, 2.24) is 0 Å². The van der Waals surface area contributed by atoms with Gasteiger partial charge in [-0.3, -0.25) is 0 Å². The van der Waals surface area contributed by atoms with E-state index < -0.39 is 0 Å². The van der Waals surface area contributed by atoms with Crippen molar-refractivity contribution >= 4 is 15.9 Å². The summed E-state index contributed by atoms with van der Waals surface area (Å²) in [5.74, 6) is 0. The Hall–Kier alpha value is 0.400. The topological polar surface area (TPSA) is 18.5 Å². The lowest BCUT2D eigenvalue weighted by atomic mass is 9.91. The molecule has 1 saturated carbocycles. The molecule has 0 N–H and O–H groups in total. The first kappa shape index (κ1) is 10.5. The van der Waals surface area contributed by atoms with Crippen LogP contribution in [0.2, 0.25) is 0 Å². The van der Waals surface area contributed by atoms with Gasteiger partial charge in [-0.25, -0.2) is 0 Å². The summed E-state index contributed by atoms with van der Waals surface area (Å²) in [6.45, 7) is 6.21. The zero-order valence-electron chi connectivity index (χ0n) is 8.13. The molecule has 0 heterocycles. The van der Waals surface area contributed by atoms with Gasteiger partial charge < -0.3 is 9.47 Å². The molecule has 3 heteroatoms. The quantitative estimate of drug-likeness (QED) is 0.686. The van der Waals surface area contributed by atoms with Crippen molar-refractivity contribution < 1.29 is 9.47 Å². The van der Waals surface area contributed by atoms with Crippen molar-refractivity contribution in [3.8, 4) is 0 Å². The summed E-state index contributed by atoms with van der Waals surface area (Å²) < 4.78 is 11.1. The van der Waals surface area contributed by atoms with Gasteiger partial charge in [0.25, 0.3) is 0 Å². The predicted molar refractivity (Wildman–Crippen MR) is 52.8 cm³/mol. The van der Waals surface area contributed by atoms with Crippen LogP contribution < -0.4 is 0 Å². The Bertz CT molecular complexity index is 153. The molecule has 1 rings (SSSR count). The van der Waals surface area contributed by atoms with E-state index in [0.717, 1.165) is 6.42 Å². The number of halogens is 1. The van der Waals surface area contributed by atoms with Gasteiger partial charge in [-0.05, 0) is 27.2 Å². The number of hydrogen-bond donors (Lipinski definition) is 0. The second-order valence-corrected chi connectivity index (χ2v) is 5.40. The first-order valence-electron chi connectivity index (χ1n) is 4.29. The molecule has 0 bridgehead atoms.